The number of amides is 2. The Morgan fingerprint density at radius 2 is 1.79 bits per heavy atom. The molecule has 2 amide bonds. The molecular weight excluding hydrogens is 473 g/mol. The van der Waals surface area contributed by atoms with Crippen LogP contribution in [0.1, 0.15) is 32.6 Å². The van der Waals surface area contributed by atoms with Crippen LogP contribution in [0, 0.1) is 12.7 Å². The van der Waals surface area contributed by atoms with Gasteiger partial charge in [0.25, 0.3) is 5.91 Å². The maximum absolute atomic E-state index is 13.1. The quantitative estimate of drug-likeness (QED) is 0.324. The highest BCUT2D eigenvalue weighted by atomic mass is 32.1. The molecule has 9 heteroatoms. The van der Waals surface area contributed by atoms with E-state index in [1.165, 1.54) is 30.4 Å². The van der Waals surface area contributed by atoms with Crippen molar-refractivity contribution in [2.24, 2.45) is 0 Å². The summed E-state index contributed by atoms with van der Waals surface area (Å²) in [5.74, 6) is -0.286. The minimum Gasteiger partial charge on any atom is -0.488 e. The summed E-state index contributed by atoms with van der Waals surface area (Å²) >= 11 is 2.95. The van der Waals surface area contributed by atoms with Crippen LogP contribution >= 0.6 is 22.7 Å². The van der Waals surface area contributed by atoms with Gasteiger partial charge in [-0.25, -0.2) is 9.37 Å². The van der Waals surface area contributed by atoms with E-state index in [1.54, 1.807) is 47.7 Å². The predicted octanol–water partition coefficient (Wildman–Crippen LogP) is 5.79. The molecule has 0 atom stereocenters. The SMILES string of the molecule is CC(=O)NCc1ccc(-c2nc(NC(=O)c3ccccc3OCc3ccc(F)cc3)sc2C)s1. The minimum absolute atomic E-state index is 0.0771. The number of aryl methyl sites for hydroxylation is 1. The molecule has 0 unspecified atom stereocenters. The van der Waals surface area contributed by atoms with E-state index < -0.39 is 0 Å². The molecule has 4 aromatic rings. The Morgan fingerprint density at radius 3 is 2.56 bits per heavy atom. The number of anilines is 1. The molecule has 2 aromatic carbocycles. The van der Waals surface area contributed by atoms with Gasteiger partial charge >= 0.3 is 0 Å². The van der Waals surface area contributed by atoms with Crippen molar-refractivity contribution in [2.45, 2.75) is 27.0 Å². The van der Waals surface area contributed by atoms with Gasteiger partial charge in [-0.15, -0.1) is 22.7 Å². The van der Waals surface area contributed by atoms with Crippen LogP contribution in [0.3, 0.4) is 0 Å². The Balaban J connectivity index is 1.45. The van der Waals surface area contributed by atoms with Gasteiger partial charge in [0.15, 0.2) is 5.13 Å². The Bertz CT molecular complexity index is 1320. The molecule has 2 heterocycles. The van der Waals surface area contributed by atoms with Gasteiger partial charge in [0.2, 0.25) is 5.91 Å². The molecule has 0 aliphatic carbocycles. The van der Waals surface area contributed by atoms with Crippen molar-refractivity contribution in [1.29, 1.82) is 0 Å². The van der Waals surface area contributed by atoms with Crippen LogP contribution in [-0.2, 0) is 17.9 Å². The Hall–Kier alpha value is -3.56. The summed E-state index contributed by atoms with van der Waals surface area (Å²) in [7, 11) is 0. The van der Waals surface area contributed by atoms with E-state index >= 15 is 0 Å². The molecule has 0 saturated carbocycles. The first-order valence-electron chi connectivity index (χ1n) is 10.5. The molecule has 0 bridgehead atoms. The van der Waals surface area contributed by atoms with Gasteiger partial charge in [-0.05, 0) is 48.9 Å². The summed E-state index contributed by atoms with van der Waals surface area (Å²) in [6.07, 6.45) is 0. The van der Waals surface area contributed by atoms with Crippen LogP contribution in [-0.4, -0.2) is 16.8 Å². The number of rotatable bonds is 8. The third kappa shape index (κ3) is 5.86. The fraction of sp³-hybridized carbons (Fsp3) is 0.160. The van der Waals surface area contributed by atoms with E-state index in [0.29, 0.717) is 23.0 Å². The fourth-order valence-corrected chi connectivity index (χ4v) is 5.06. The number of thiophene rings is 1. The number of carbonyl (C=O) groups is 2. The first-order chi connectivity index (χ1) is 16.4. The average Bonchev–Trinajstić information content (AvgIpc) is 3.43. The molecule has 34 heavy (non-hydrogen) atoms. The third-order valence-electron chi connectivity index (χ3n) is 4.86. The van der Waals surface area contributed by atoms with Crippen LogP contribution < -0.4 is 15.4 Å². The molecule has 2 aromatic heterocycles. The summed E-state index contributed by atoms with van der Waals surface area (Å²) in [6, 6.07) is 16.9. The van der Waals surface area contributed by atoms with Gasteiger partial charge in [-0.2, -0.15) is 0 Å². The largest absolute Gasteiger partial charge is 0.488 e. The first kappa shape index (κ1) is 23.6. The number of carbonyl (C=O) groups excluding carboxylic acids is 2. The molecular formula is C25H22FN3O3S2. The third-order valence-corrected chi connectivity index (χ3v) is 6.84. The number of aromatic nitrogens is 1. The second-order valence-corrected chi connectivity index (χ2v) is 9.84. The number of hydrogen-bond acceptors (Lipinski definition) is 6. The summed E-state index contributed by atoms with van der Waals surface area (Å²) in [4.78, 5) is 31.7. The minimum atomic E-state index is -0.326. The molecule has 0 spiro atoms. The summed E-state index contributed by atoms with van der Waals surface area (Å²) in [6.45, 7) is 4.13. The molecule has 0 radical (unpaired) electrons. The summed E-state index contributed by atoms with van der Waals surface area (Å²) in [5.41, 5.74) is 1.98. The van der Waals surface area contributed by atoms with Gasteiger partial charge in [-0.3, -0.25) is 14.9 Å². The van der Waals surface area contributed by atoms with Gasteiger partial charge in [0.1, 0.15) is 18.2 Å². The van der Waals surface area contributed by atoms with Crippen LogP contribution in [0.5, 0.6) is 5.75 Å². The lowest BCUT2D eigenvalue weighted by atomic mass is 10.2. The molecule has 6 nitrogen and oxygen atoms in total. The number of para-hydroxylation sites is 1. The number of nitrogens with one attached hydrogen (secondary N) is 2. The number of ether oxygens (including phenoxy) is 1. The van der Waals surface area contributed by atoms with Gasteiger partial charge in [0.05, 0.1) is 22.7 Å². The lowest BCUT2D eigenvalue weighted by molar-refractivity contribution is -0.119. The molecule has 0 fully saturated rings. The van der Waals surface area contributed by atoms with Crippen molar-refractivity contribution < 1.29 is 18.7 Å². The smallest absolute Gasteiger partial charge is 0.261 e. The average molecular weight is 496 g/mol. The van der Waals surface area contributed by atoms with Crippen LogP contribution in [0.25, 0.3) is 10.6 Å². The zero-order valence-electron chi connectivity index (χ0n) is 18.6. The Kier molecular flexibility index (Phi) is 7.34. The topological polar surface area (TPSA) is 80.3 Å². The van der Waals surface area contributed by atoms with E-state index in [4.69, 9.17) is 4.74 Å². The monoisotopic (exact) mass is 495 g/mol. The molecule has 0 aliphatic rings. The number of nitrogens with zero attached hydrogens (tertiary/aromatic N) is 1. The normalized spacial score (nSPS) is 10.7. The number of thiazole rings is 1. The second kappa shape index (κ2) is 10.6. The highest BCUT2D eigenvalue weighted by molar-refractivity contribution is 7.18. The van der Waals surface area contributed by atoms with Crippen molar-refractivity contribution >= 4 is 39.6 Å². The zero-order chi connectivity index (χ0) is 24.1. The highest BCUT2D eigenvalue weighted by Crippen LogP contribution is 2.35. The van der Waals surface area contributed by atoms with Crippen molar-refractivity contribution in [1.82, 2.24) is 10.3 Å². The lowest BCUT2D eigenvalue weighted by Crippen LogP contribution is -2.17. The lowest BCUT2D eigenvalue weighted by Gasteiger charge is -2.11. The molecule has 0 saturated heterocycles. The number of benzene rings is 2. The second-order valence-electron chi connectivity index (χ2n) is 7.46. The van der Waals surface area contributed by atoms with Gasteiger partial charge < -0.3 is 10.1 Å². The number of halogens is 1. The van der Waals surface area contributed by atoms with Crippen molar-refractivity contribution in [3.05, 3.63) is 87.4 Å². The summed E-state index contributed by atoms with van der Waals surface area (Å²) in [5, 5.41) is 6.14. The number of hydrogen-bond donors (Lipinski definition) is 2. The van der Waals surface area contributed by atoms with E-state index in [9.17, 15) is 14.0 Å². The Morgan fingerprint density at radius 1 is 1.03 bits per heavy atom. The standard InChI is InChI=1S/C25H22FN3O3S2/c1-15-23(22-12-11-19(34-22)13-27-16(2)30)28-25(33-15)29-24(31)20-5-3-4-6-21(20)32-14-17-7-9-18(26)10-8-17/h3-12H,13-14H2,1-2H3,(H,27,30)(H,28,29,31). The van der Waals surface area contributed by atoms with E-state index in [0.717, 1.165) is 25.9 Å². The predicted molar refractivity (Wildman–Crippen MR) is 133 cm³/mol. The van der Waals surface area contributed by atoms with E-state index in [2.05, 4.69) is 15.6 Å². The maximum Gasteiger partial charge on any atom is 0.261 e. The molecule has 2 N–H and O–H groups in total. The highest BCUT2D eigenvalue weighted by Gasteiger charge is 2.17. The van der Waals surface area contributed by atoms with Gasteiger partial charge in [0, 0.05) is 16.7 Å². The zero-order valence-corrected chi connectivity index (χ0v) is 20.2. The molecule has 4 rings (SSSR count). The van der Waals surface area contributed by atoms with E-state index in [-0.39, 0.29) is 24.2 Å². The van der Waals surface area contributed by atoms with Crippen molar-refractivity contribution in [3.63, 3.8) is 0 Å². The van der Waals surface area contributed by atoms with E-state index in [1.807, 2.05) is 19.1 Å². The fourth-order valence-electron chi connectivity index (χ4n) is 3.18. The van der Waals surface area contributed by atoms with Crippen molar-refractivity contribution in [3.8, 4) is 16.3 Å². The van der Waals surface area contributed by atoms with Crippen molar-refractivity contribution in [2.75, 3.05) is 5.32 Å². The maximum atomic E-state index is 13.1. The molecule has 0 aliphatic heterocycles. The summed E-state index contributed by atoms with van der Waals surface area (Å²) < 4.78 is 19.0. The van der Waals surface area contributed by atoms with Gasteiger partial charge in [-0.1, -0.05) is 24.3 Å². The Labute approximate surface area is 204 Å². The first-order valence-corrected chi connectivity index (χ1v) is 12.1. The van der Waals surface area contributed by atoms with Crippen LogP contribution in [0.15, 0.2) is 60.7 Å². The van der Waals surface area contributed by atoms with Crippen LogP contribution in [0.2, 0.25) is 0 Å². The molecule has 174 valence electrons. The van der Waals surface area contributed by atoms with Crippen LogP contribution in [0.4, 0.5) is 9.52 Å².